The molecule has 94 valence electrons. The first-order valence-electron chi connectivity index (χ1n) is 4.60. The molecule has 0 aliphatic heterocycles. The Morgan fingerprint density at radius 1 is 1.22 bits per heavy atom. The fraction of sp³-hybridized carbons (Fsp3) is 0. The minimum Gasteiger partial charge on any atom is -0.503 e. The quantitative estimate of drug-likeness (QED) is 0.653. The highest BCUT2D eigenvalue weighted by Gasteiger charge is 2.21. The molecular formula is C11H5F3O3S. The third-order valence-electron chi connectivity index (χ3n) is 2.24. The summed E-state index contributed by atoms with van der Waals surface area (Å²) in [7, 11) is 0. The monoisotopic (exact) mass is 274 g/mol. The third kappa shape index (κ3) is 1.97. The normalized spacial score (nSPS) is 10.7. The third-order valence-corrected chi connectivity index (χ3v) is 2.50. The molecule has 0 aliphatic rings. The molecule has 0 saturated heterocycles. The van der Waals surface area contributed by atoms with Gasteiger partial charge in [0.2, 0.25) is 10.9 Å². The first-order chi connectivity index (χ1) is 8.41. The first-order valence-corrected chi connectivity index (χ1v) is 5.05. The number of carbonyl (C=O) groups is 1. The van der Waals surface area contributed by atoms with Gasteiger partial charge in [0.15, 0.2) is 17.4 Å². The van der Waals surface area contributed by atoms with Gasteiger partial charge in [0.25, 0.3) is 0 Å². The Kier molecular flexibility index (Phi) is 3.08. The van der Waals surface area contributed by atoms with Gasteiger partial charge in [-0.1, -0.05) is 0 Å². The largest absolute Gasteiger partial charge is 0.503 e. The maximum atomic E-state index is 13.5. The molecule has 2 rings (SSSR count). The second-order valence-electron chi connectivity index (χ2n) is 3.39. The summed E-state index contributed by atoms with van der Waals surface area (Å²) in [5, 5.41) is 8.40. The number of rotatable bonds is 2. The molecule has 0 saturated carbocycles. The van der Waals surface area contributed by atoms with Crippen molar-refractivity contribution in [3.63, 3.8) is 0 Å². The van der Waals surface area contributed by atoms with Crippen LogP contribution >= 0.6 is 12.6 Å². The van der Waals surface area contributed by atoms with Gasteiger partial charge in [-0.05, 0) is 12.1 Å². The molecule has 0 unspecified atom stereocenters. The van der Waals surface area contributed by atoms with E-state index in [1.54, 1.807) is 0 Å². The molecule has 1 heterocycles. The lowest BCUT2D eigenvalue weighted by Gasteiger charge is -2.03. The van der Waals surface area contributed by atoms with Crippen LogP contribution < -0.4 is 0 Å². The summed E-state index contributed by atoms with van der Waals surface area (Å²) in [6.45, 7) is 0. The second kappa shape index (κ2) is 4.41. The van der Waals surface area contributed by atoms with E-state index < -0.39 is 33.9 Å². The van der Waals surface area contributed by atoms with E-state index in [1.165, 1.54) is 0 Å². The Labute approximate surface area is 104 Å². The van der Waals surface area contributed by atoms with Crippen molar-refractivity contribution < 1.29 is 27.5 Å². The van der Waals surface area contributed by atoms with E-state index in [4.69, 9.17) is 9.52 Å². The van der Waals surface area contributed by atoms with E-state index in [-0.39, 0.29) is 11.3 Å². The van der Waals surface area contributed by atoms with Crippen molar-refractivity contribution in [3.05, 3.63) is 41.4 Å². The highest BCUT2D eigenvalue weighted by atomic mass is 32.1. The van der Waals surface area contributed by atoms with Gasteiger partial charge in [-0.15, -0.1) is 12.6 Å². The fourth-order valence-corrected chi connectivity index (χ4v) is 1.48. The van der Waals surface area contributed by atoms with Crippen molar-refractivity contribution in [2.45, 2.75) is 0 Å². The van der Waals surface area contributed by atoms with Crippen LogP contribution in [0, 0.1) is 17.5 Å². The maximum Gasteiger partial charge on any atom is 0.219 e. The molecule has 18 heavy (non-hydrogen) atoms. The Bertz CT molecular complexity index is 637. The Hall–Kier alpha value is -1.89. The molecular weight excluding hydrogens is 269 g/mol. The number of hydrogen-bond donors (Lipinski definition) is 2. The maximum absolute atomic E-state index is 13.5. The van der Waals surface area contributed by atoms with E-state index in [0.29, 0.717) is 6.07 Å². The van der Waals surface area contributed by atoms with Crippen molar-refractivity contribution >= 4 is 17.7 Å². The Balaban J connectivity index is 2.60. The minimum absolute atomic E-state index is 0.0250. The highest BCUT2D eigenvalue weighted by molar-refractivity contribution is 7.97. The van der Waals surface area contributed by atoms with E-state index in [2.05, 4.69) is 12.6 Å². The fourth-order valence-electron chi connectivity index (χ4n) is 1.36. The van der Waals surface area contributed by atoms with Crippen LogP contribution in [0.1, 0.15) is 10.4 Å². The zero-order chi connectivity index (χ0) is 13.4. The Morgan fingerprint density at radius 2 is 1.89 bits per heavy atom. The average molecular weight is 274 g/mol. The molecule has 3 nitrogen and oxygen atoms in total. The number of furan rings is 1. The SMILES string of the molecule is O=C(S)c1coc(-c2cc(F)c(F)c(O)c2F)c1. The van der Waals surface area contributed by atoms with Crippen LogP contribution in [0.25, 0.3) is 11.3 Å². The number of carbonyl (C=O) groups excluding carboxylic acids is 1. The van der Waals surface area contributed by atoms with Crippen LogP contribution in [0.3, 0.4) is 0 Å². The van der Waals surface area contributed by atoms with Crippen molar-refractivity contribution in [3.8, 4) is 17.1 Å². The van der Waals surface area contributed by atoms with Crippen LogP contribution in [0.2, 0.25) is 0 Å². The van der Waals surface area contributed by atoms with Gasteiger partial charge >= 0.3 is 0 Å². The topological polar surface area (TPSA) is 50.4 Å². The summed E-state index contributed by atoms with van der Waals surface area (Å²) in [6.07, 6.45) is 0.989. The van der Waals surface area contributed by atoms with Gasteiger partial charge in [-0.25, -0.2) is 8.78 Å². The zero-order valence-corrected chi connectivity index (χ0v) is 9.47. The van der Waals surface area contributed by atoms with E-state index >= 15 is 0 Å². The number of halogens is 3. The molecule has 0 amide bonds. The number of benzene rings is 1. The number of phenolic OH excluding ortho intramolecular Hbond substituents is 1. The van der Waals surface area contributed by atoms with Gasteiger partial charge in [0, 0.05) is 0 Å². The lowest BCUT2D eigenvalue weighted by Crippen LogP contribution is -1.92. The van der Waals surface area contributed by atoms with Crippen molar-refractivity contribution in [1.82, 2.24) is 0 Å². The van der Waals surface area contributed by atoms with Gasteiger partial charge in [0.1, 0.15) is 12.0 Å². The molecule has 0 radical (unpaired) electrons. The van der Waals surface area contributed by atoms with E-state index in [9.17, 15) is 18.0 Å². The number of aromatic hydroxyl groups is 1. The molecule has 2 aromatic rings. The van der Waals surface area contributed by atoms with E-state index in [0.717, 1.165) is 12.3 Å². The smallest absolute Gasteiger partial charge is 0.219 e. The molecule has 1 aromatic carbocycles. The standard InChI is InChI=1S/C11H5F3O3S/c12-6-2-5(8(13)10(15)9(6)14)7-1-4(3-17-7)11(16)18/h1-3,15H,(H,16,18). The van der Waals surface area contributed by atoms with Crippen LogP contribution in [-0.2, 0) is 0 Å². The van der Waals surface area contributed by atoms with Gasteiger partial charge in [-0.3, -0.25) is 4.79 Å². The van der Waals surface area contributed by atoms with Gasteiger partial charge in [-0.2, -0.15) is 4.39 Å². The summed E-state index contributed by atoms with van der Waals surface area (Å²) in [5.41, 5.74) is -0.468. The summed E-state index contributed by atoms with van der Waals surface area (Å²) >= 11 is 3.52. The Morgan fingerprint density at radius 3 is 2.44 bits per heavy atom. The molecule has 0 spiro atoms. The number of phenols is 1. The predicted molar refractivity (Wildman–Crippen MR) is 59.0 cm³/mol. The summed E-state index contributed by atoms with van der Waals surface area (Å²) in [4.78, 5) is 10.9. The highest BCUT2D eigenvalue weighted by Crippen LogP contribution is 2.33. The second-order valence-corrected chi connectivity index (χ2v) is 3.79. The summed E-state index contributed by atoms with van der Waals surface area (Å²) < 4.78 is 44.3. The molecule has 0 fully saturated rings. The predicted octanol–water partition coefficient (Wildman–Crippen LogP) is 3.14. The molecule has 0 atom stereocenters. The summed E-state index contributed by atoms with van der Waals surface area (Å²) in [6, 6.07) is 1.63. The lowest BCUT2D eigenvalue weighted by molar-refractivity contribution is 0.109. The first kappa shape index (κ1) is 12.6. The molecule has 1 N–H and O–H groups in total. The minimum atomic E-state index is -1.69. The van der Waals surface area contributed by atoms with Crippen molar-refractivity contribution in [1.29, 1.82) is 0 Å². The number of hydrogen-bond acceptors (Lipinski definition) is 3. The van der Waals surface area contributed by atoms with Crippen LogP contribution in [0.4, 0.5) is 13.2 Å². The van der Waals surface area contributed by atoms with Gasteiger partial charge < -0.3 is 9.52 Å². The molecule has 7 heteroatoms. The molecule has 0 aliphatic carbocycles. The zero-order valence-electron chi connectivity index (χ0n) is 8.58. The molecule has 0 bridgehead atoms. The van der Waals surface area contributed by atoms with Crippen LogP contribution in [-0.4, -0.2) is 10.2 Å². The van der Waals surface area contributed by atoms with Crippen LogP contribution in [0.5, 0.6) is 5.75 Å². The van der Waals surface area contributed by atoms with E-state index in [1.807, 2.05) is 0 Å². The van der Waals surface area contributed by atoms with Crippen molar-refractivity contribution in [2.75, 3.05) is 0 Å². The number of thiol groups is 1. The summed E-state index contributed by atoms with van der Waals surface area (Å²) in [5.74, 6) is -6.16. The van der Waals surface area contributed by atoms with Crippen LogP contribution in [0.15, 0.2) is 22.8 Å². The average Bonchev–Trinajstić information content (AvgIpc) is 2.80. The van der Waals surface area contributed by atoms with Crippen molar-refractivity contribution in [2.24, 2.45) is 0 Å². The molecule has 1 aromatic heterocycles. The van der Waals surface area contributed by atoms with Gasteiger partial charge in [0.05, 0.1) is 11.1 Å². The lowest BCUT2D eigenvalue weighted by atomic mass is 10.1.